The zero-order chi connectivity index (χ0) is 18.7. The van der Waals surface area contributed by atoms with Crippen molar-refractivity contribution in [1.82, 2.24) is 5.32 Å². The molecule has 0 spiro atoms. The molecule has 0 bridgehead atoms. The highest BCUT2D eigenvalue weighted by molar-refractivity contribution is 7.80. The lowest BCUT2D eigenvalue weighted by molar-refractivity contribution is -0.117. The average molecular weight is 368 g/mol. The second-order valence-corrected chi connectivity index (χ2v) is 7.27. The number of hydrogen-bond donors (Lipinski definition) is 2. The average Bonchev–Trinajstić information content (AvgIpc) is 3.04. The van der Waals surface area contributed by atoms with Gasteiger partial charge in [0.25, 0.3) is 0 Å². The molecule has 136 valence electrons. The first kappa shape index (κ1) is 18.4. The predicted octanol–water partition coefficient (Wildman–Crippen LogP) is 4.48. The SMILES string of the molecule is Cc1ccc([C@H](C)NC(=S)Nc2ccc(N3CCCC3=O)cc2)cc1C. The molecule has 2 aromatic carbocycles. The highest BCUT2D eigenvalue weighted by Crippen LogP contribution is 2.23. The van der Waals surface area contributed by atoms with Crippen molar-refractivity contribution in [2.45, 2.75) is 39.7 Å². The molecule has 1 heterocycles. The first-order valence-electron chi connectivity index (χ1n) is 8.99. The number of thiocarbonyl (C=S) groups is 1. The van der Waals surface area contributed by atoms with Crippen molar-refractivity contribution in [2.24, 2.45) is 0 Å². The summed E-state index contributed by atoms with van der Waals surface area (Å²) in [6, 6.07) is 14.4. The van der Waals surface area contributed by atoms with Gasteiger partial charge in [0, 0.05) is 24.3 Å². The summed E-state index contributed by atoms with van der Waals surface area (Å²) in [6.07, 6.45) is 1.58. The van der Waals surface area contributed by atoms with E-state index in [-0.39, 0.29) is 11.9 Å². The fourth-order valence-electron chi connectivity index (χ4n) is 3.13. The van der Waals surface area contributed by atoms with E-state index >= 15 is 0 Å². The number of anilines is 2. The fourth-order valence-corrected chi connectivity index (χ4v) is 3.42. The third kappa shape index (κ3) is 4.22. The van der Waals surface area contributed by atoms with Crippen LogP contribution in [0.25, 0.3) is 0 Å². The lowest BCUT2D eigenvalue weighted by Crippen LogP contribution is -2.31. The summed E-state index contributed by atoms with van der Waals surface area (Å²) in [7, 11) is 0. The molecule has 3 rings (SSSR count). The number of hydrogen-bond acceptors (Lipinski definition) is 2. The van der Waals surface area contributed by atoms with Crippen molar-refractivity contribution in [3.8, 4) is 0 Å². The Kier molecular flexibility index (Phi) is 5.57. The first-order valence-corrected chi connectivity index (χ1v) is 9.40. The summed E-state index contributed by atoms with van der Waals surface area (Å²) < 4.78 is 0. The Labute approximate surface area is 160 Å². The molecule has 1 saturated heterocycles. The molecule has 0 aliphatic carbocycles. The molecule has 1 fully saturated rings. The molecule has 1 amide bonds. The van der Waals surface area contributed by atoms with E-state index in [9.17, 15) is 4.79 Å². The summed E-state index contributed by atoms with van der Waals surface area (Å²) in [6.45, 7) is 7.14. The highest BCUT2D eigenvalue weighted by atomic mass is 32.1. The van der Waals surface area contributed by atoms with E-state index in [4.69, 9.17) is 12.2 Å². The van der Waals surface area contributed by atoms with Crippen LogP contribution in [-0.2, 0) is 4.79 Å². The number of nitrogens with zero attached hydrogens (tertiary/aromatic N) is 1. The van der Waals surface area contributed by atoms with Crippen LogP contribution in [0.2, 0.25) is 0 Å². The van der Waals surface area contributed by atoms with E-state index in [1.807, 2.05) is 29.2 Å². The Hall–Kier alpha value is -2.40. The van der Waals surface area contributed by atoms with Gasteiger partial charge in [0.1, 0.15) is 0 Å². The largest absolute Gasteiger partial charge is 0.356 e. The normalized spacial score (nSPS) is 15.0. The first-order chi connectivity index (χ1) is 12.4. The molecular weight excluding hydrogens is 342 g/mol. The molecular formula is C21H25N3OS. The van der Waals surface area contributed by atoms with Gasteiger partial charge >= 0.3 is 0 Å². The van der Waals surface area contributed by atoms with Crippen LogP contribution in [0.3, 0.4) is 0 Å². The molecule has 0 unspecified atom stereocenters. The molecule has 5 heteroatoms. The van der Waals surface area contributed by atoms with Crippen LogP contribution in [0.4, 0.5) is 11.4 Å². The lowest BCUT2D eigenvalue weighted by Gasteiger charge is -2.19. The molecule has 1 aliphatic rings. The molecule has 26 heavy (non-hydrogen) atoms. The van der Waals surface area contributed by atoms with Crippen molar-refractivity contribution >= 4 is 34.6 Å². The van der Waals surface area contributed by atoms with Gasteiger partial charge in [-0.3, -0.25) is 4.79 Å². The number of rotatable bonds is 4. The monoisotopic (exact) mass is 367 g/mol. The minimum absolute atomic E-state index is 0.121. The lowest BCUT2D eigenvalue weighted by atomic mass is 10.0. The van der Waals surface area contributed by atoms with Gasteiger partial charge < -0.3 is 15.5 Å². The number of benzene rings is 2. The van der Waals surface area contributed by atoms with Gasteiger partial charge in [-0.25, -0.2) is 0 Å². The molecule has 0 radical (unpaired) electrons. The molecule has 2 N–H and O–H groups in total. The van der Waals surface area contributed by atoms with E-state index in [2.05, 4.69) is 49.6 Å². The molecule has 4 nitrogen and oxygen atoms in total. The third-order valence-corrected chi connectivity index (χ3v) is 5.11. The zero-order valence-electron chi connectivity index (χ0n) is 15.5. The van der Waals surface area contributed by atoms with Crippen molar-refractivity contribution in [1.29, 1.82) is 0 Å². The number of aryl methyl sites for hydroxylation is 2. The van der Waals surface area contributed by atoms with Crippen molar-refractivity contribution in [3.63, 3.8) is 0 Å². The van der Waals surface area contributed by atoms with Crippen LogP contribution in [0, 0.1) is 13.8 Å². The maximum absolute atomic E-state index is 11.8. The van der Waals surface area contributed by atoms with Gasteiger partial charge in [0.2, 0.25) is 5.91 Å². The quantitative estimate of drug-likeness (QED) is 0.782. The van der Waals surface area contributed by atoms with E-state index in [0.717, 1.165) is 24.3 Å². The van der Waals surface area contributed by atoms with E-state index in [0.29, 0.717) is 11.5 Å². The Balaban J connectivity index is 1.59. The smallest absolute Gasteiger partial charge is 0.227 e. The van der Waals surface area contributed by atoms with Crippen LogP contribution in [-0.4, -0.2) is 17.6 Å². The maximum Gasteiger partial charge on any atom is 0.227 e. The number of amides is 1. The Morgan fingerprint density at radius 2 is 1.85 bits per heavy atom. The topological polar surface area (TPSA) is 44.4 Å². The van der Waals surface area contributed by atoms with E-state index in [1.165, 1.54) is 16.7 Å². The van der Waals surface area contributed by atoms with Crippen LogP contribution < -0.4 is 15.5 Å². The van der Waals surface area contributed by atoms with Crippen LogP contribution >= 0.6 is 12.2 Å². The summed E-state index contributed by atoms with van der Waals surface area (Å²) >= 11 is 5.44. The molecule has 1 aliphatic heterocycles. The van der Waals surface area contributed by atoms with E-state index < -0.39 is 0 Å². The van der Waals surface area contributed by atoms with Gasteiger partial charge in [0.15, 0.2) is 5.11 Å². The predicted molar refractivity (Wildman–Crippen MR) is 112 cm³/mol. The minimum atomic E-state index is 0.121. The number of nitrogens with one attached hydrogen (secondary N) is 2. The maximum atomic E-state index is 11.8. The number of carbonyl (C=O) groups is 1. The van der Waals surface area contributed by atoms with Crippen molar-refractivity contribution in [3.05, 3.63) is 59.2 Å². The van der Waals surface area contributed by atoms with E-state index in [1.54, 1.807) is 0 Å². The van der Waals surface area contributed by atoms with Crippen molar-refractivity contribution < 1.29 is 4.79 Å². The number of carbonyl (C=O) groups excluding carboxylic acids is 1. The minimum Gasteiger partial charge on any atom is -0.356 e. The molecule has 1 atom stereocenters. The summed E-state index contributed by atoms with van der Waals surface area (Å²) in [4.78, 5) is 13.7. The Bertz CT molecular complexity index is 817. The Morgan fingerprint density at radius 1 is 1.12 bits per heavy atom. The van der Waals surface area contributed by atoms with Gasteiger partial charge in [-0.2, -0.15) is 0 Å². The summed E-state index contributed by atoms with van der Waals surface area (Å²) in [5.74, 6) is 0.199. The second kappa shape index (κ2) is 7.87. The van der Waals surface area contributed by atoms with Gasteiger partial charge in [0.05, 0.1) is 6.04 Å². The second-order valence-electron chi connectivity index (χ2n) is 6.86. The van der Waals surface area contributed by atoms with Gasteiger partial charge in [-0.05, 0) is 80.4 Å². The van der Waals surface area contributed by atoms with Crippen molar-refractivity contribution in [2.75, 3.05) is 16.8 Å². The summed E-state index contributed by atoms with van der Waals surface area (Å²) in [5.41, 5.74) is 5.63. The van der Waals surface area contributed by atoms with Crippen LogP contribution in [0.5, 0.6) is 0 Å². The summed E-state index contributed by atoms with van der Waals surface area (Å²) in [5, 5.41) is 7.12. The molecule has 0 aromatic heterocycles. The van der Waals surface area contributed by atoms with Gasteiger partial charge in [-0.1, -0.05) is 18.2 Å². The molecule has 0 saturated carbocycles. The fraction of sp³-hybridized carbons (Fsp3) is 0.333. The van der Waals surface area contributed by atoms with Crippen LogP contribution in [0.1, 0.15) is 42.5 Å². The zero-order valence-corrected chi connectivity index (χ0v) is 16.3. The van der Waals surface area contributed by atoms with Crippen LogP contribution in [0.15, 0.2) is 42.5 Å². The van der Waals surface area contributed by atoms with Gasteiger partial charge in [-0.15, -0.1) is 0 Å². The highest BCUT2D eigenvalue weighted by Gasteiger charge is 2.21. The Morgan fingerprint density at radius 3 is 2.46 bits per heavy atom. The standard InChI is InChI=1S/C21H25N3OS/c1-14-6-7-17(13-15(14)2)16(3)22-21(26)23-18-8-10-19(11-9-18)24-12-4-5-20(24)25/h6-11,13,16H,4-5,12H2,1-3H3,(H2,22,23,26)/t16-/m0/s1. The third-order valence-electron chi connectivity index (χ3n) is 4.89. The molecule has 2 aromatic rings.